The summed E-state index contributed by atoms with van der Waals surface area (Å²) in [5.74, 6) is 0.415. The number of nitro groups is 1. The van der Waals surface area contributed by atoms with Crippen molar-refractivity contribution < 1.29 is 23.6 Å². The summed E-state index contributed by atoms with van der Waals surface area (Å²) in [6, 6.07) is 16.3. The maximum Gasteiger partial charge on any atom is 0.433 e. The number of ether oxygens (including phenoxy) is 2. The molecule has 2 aromatic carbocycles. The lowest BCUT2D eigenvalue weighted by atomic mass is 10.2. The third-order valence-electron chi connectivity index (χ3n) is 3.49. The highest BCUT2D eigenvalue weighted by atomic mass is 16.6. The first-order chi connectivity index (χ1) is 13.1. The summed E-state index contributed by atoms with van der Waals surface area (Å²) in [6.45, 7) is 2.47. The fraction of sp³-hybridized carbons (Fsp3) is 0.105. The van der Waals surface area contributed by atoms with Crippen molar-refractivity contribution in [3.8, 4) is 17.2 Å². The molecule has 0 aliphatic carbocycles. The molecule has 3 aromatic rings. The molecule has 1 aromatic heterocycles. The summed E-state index contributed by atoms with van der Waals surface area (Å²) in [5, 5.41) is 13.3. The van der Waals surface area contributed by atoms with Gasteiger partial charge in [-0.05, 0) is 49.4 Å². The van der Waals surface area contributed by atoms with Crippen molar-refractivity contribution in [2.45, 2.75) is 6.92 Å². The Morgan fingerprint density at radius 3 is 2.44 bits per heavy atom. The van der Waals surface area contributed by atoms with E-state index in [9.17, 15) is 14.9 Å². The van der Waals surface area contributed by atoms with E-state index in [1.165, 1.54) is 6.07 Å². The van der Waals surface area contributed by atoms with Crippen LogP contribution >= 0.6 is 0 Å². The van der Waals surface area contributed by atoms with Gasteiger partial charge in [-0.1, -0.05) is 12.1 Å². The Labute approximate surface area is 154 Å². The van der Waals surface area contributed by atoms with Crippen molar-refractivity contribution in [2.24, 2.45) is 0 Å². The number of amides is 1. The summed E-state index contributed by atoms with van der Waals surface area (Å²) in [5.41, 5.74) is 0.399. The number of carbonyl (C=O) groups excluding carboxylic acids is 1. The van der Waals surface area contributed by atoms with Crippen LogP contribution in [-0.4, -0.2) is 17.4 Å². The van der Waals surface area contributed by atoms with E-state index in [0.29, 0.717) is 23.8 Å². The molecule has 1 heterocycles. The topological polar surface area (TPSA) is 104 Å². The minimum absolute atomic E-state index is 0.169. The summed E-state index contributed by atoms with van der Waals surface area (Å²) < 4.78 is 16.1. The Morgan fingerprint density at radius 1 is 1.07 bits per heavy atom. The predicted molar refractivity (Wildman–Crippen MR) is 97.4 cm³/mol. The van der Waals surface area contributed by atoms with Crippen LogP contribution in [-0.2, 0) is 0 Å². The third kappa shape index (κ3) is 4.43. The van der Waals surface area contributed by atoms with E-state index in [1.807, 2.05) is 6.92 Å². The van der Waals surface area contributed by atoms with Crippen molar-refractivity contribution in [2.75, 3.05) is 11.9 Å². The fourth-order valence-corrected chi connectivity index (χ4v) is 2.29. The first-order valence-electron chi connectivity index (χ1n) is 8.12. The monoisotopic (exact) mass is 368 g/mol. The second-order valence-electron chi connectivity index (χ2n) is 5.35. The van der Waals surface area contributed by atoms with Crippen LogP contribution in [0.4, 0.5) is 11.6 Å². The molecule has 0 aliphatic heterocycles. The van der Waals surface area contributed by atoms with Crippen LogP contribution in [0.3, 0.4) is 0 Å². The molecule has 3 rings (SSSR count). The Morgan fingerprint density at radius 2 is 1.78 bits per heavy atom. The molecule has 1 N–H and O–H groups in total. The highest BCUT2D eigenvalue weighted by Gasteiger charge is 2.18. The van der Waals surface area contributed by atoms with E-state index in [0.717, 1.165) is 11.8 Å². The number of rotatable bonds is 7. The second-order valence-corrected chi connectivity index (χ2v) is 5.35. The number of para-hydroxylation sites is 2. The SMILES string of the molecule is CCOc1ccc(Oc2ccccc2NC(=O)c2ccc([N+](=O)[O-])o2)cc1. The van der Waals surface area contributed by atoms with Gasteiger partial charge in [-0.2, -0.15) is 0 Å². The molecule has 0 saturated heterocycles. The van der Waals surface area contributed by atoms with Gasteiger partial charge in [0.05, 0.1) is 18.4 Å². The molecule has 0 bridgehead atoms. The highest BCUT2D eigenvalue weighted by molar-refractivity contribution is 6.03. The standard InChI is InChI=1S/C19H16N2O6/c1-2-25-13-7-9-14(10-8-13)26-16-6-4-3-5-15(16)20-19(22)17-11-12-18(27-17)21(23)24/h3-12H,2H2,1H3,(H,20,22). The number of hydrogen-bond donors (Lipinski definition) is 1. The van der Waals surface area contributed by atoms with Crippen LogP contribution in [0.25, 0.3) is 0 Å². The lowest BCUT2D eigenvalue weighted by Crippen LogP contribution is -2.11. The zero-order chi connectivity index (χ0) is 19.2. The van der Waals surface area contributed by atoms with Crippen LogP contribution in [0.5, 0.6) is 17.2 Å². The molecular weight excluding hydrogens is 352 g/mol. The van der Waals surface area contributed by atoms with Gasteiger partial charge in [0.15, 0.2) is 11.5 Å². The largest absolute Gasteiger partial charge is 0.494 e. The van der Waals surface area contributed by atoms with Crippen molar-refractivity contribution in [1.82, 2.24) is 0 Å². The van der Waals surface area contributed by atoms with E-state index in [4.69, 9.17) is 13.9 Å². The van der Waals surface area contributed by atoms with Gasteiger partial charge in [0.2, 0.25) is 0 Å². The molecule has 0 atom stereocenters. The normalized spacial score (nSPS) is 10.3. The smallest absolute Gasteiger partial charge is 0.433 e. The Balaban J connectivity index is 1.75. The number of anilines is 1. The van der Waals surface area contributed by atoms with Gasteiger partial charge in [0, 0.05) is 0 Å². The molecule has 1 amide bonds. The first kappa shape index (κ1) is 18.0. The zero-order valence-corrected chi connectivity index (χ0v) is 14.4. The maximum absolute atomic E-state index is 12.3. The molecule has 27 heavy (non-hydrogen) atoms. The van der Waals surface area contributed by atoms with Crippen LogP contribution in [0.2, 0.25) is 0 Å². The molecule has 0 unspecified atom stereocenters. The molecule has 8 nitrogen and oxygen atoms in total. The quantitative estimate of drug-likeness (QED) is 0.481. The molecule has 0 saturated carbocycles. The average molecular weight is 368 g/mol. The van der Waals surface area contributed by atoms with Crippen LogP contribution in [0, 0.1) is 10.1 Å². The Kier molecular flexibility index (Phi) is 5.36. The molecule has 138 valence electrons. The van der Waals surface area contributed by atoms with Gasteiger partial charge in [-0.25, -0.2) is 0 Å². The van der Waals surface area contributed by atoms with Gasteiger partial charge < -0.3 is 19.2 Å². The second kappa shape index (κ2) is 8.05. The van der Waals surface area contributed by atoms with Gasteiger partial charge in [0.1, 0.15) is 16.4 Å². The van der Waals surface area contributed by atoms with E-state index in [-0.39, 0.29) is 5.76 Å². The average Bonchev–Trinajstić information content (AvgIpc) is 3.16. The van der Waals surface area contributed by atoms with Gasteiger partial charge in [0.25, 0.3) is 5.91 Å². The lowest BCUT2D eigenvalue weighted by Gasteiger charge is -2.12. The molecule has 0 aliphatic rings. The number of carbonyl (C=O) groups is 1. The van der Waals surface area contributed by atoms with Crippen molar-refractivity contribution >= 4 is 17.5 Å². The van der Waals surface area contributed by atoms with Crippen LogP contribution in [0.15, 0.2) is 65.1 Å². The molecule has 0 spiro atoms. The minimum atomic E-state index is -0.709. The fourth-order valence-electron chi connectivity index (χ4n) is 2.29. The number of hydrogen-bond acceptors (Lipinski definition) is 6. The Bertz CT molecular complexity index is 949. The summed E-state index contributed by atoms with van der Waals surface area (Å²) >= 11 is 0. The number of furan rings is 1. The van der Waals surface area contributed by atoms with E-state index in [2.05, 4.69) is 5.32 Å². The summed E-state index contributed by atoms with van der Waals surface area (Å²) in [6.07, 6.45) is 0. The van der Waals surface area contributed by atoms with Crippen molar-refractivity contribution in [3.63, 3.8) is 0 Å². The van der Waals surface area contributed by atoms with Crippen LogP contribution in [0.1, 0.15) is 17.5 Å². The van der Waals surface area contributed by atoms with Crippen molar-refractivity contribution in [1.29, 1.82) is 0 Å². The highest BCUT2D eigenvalue weighted by Crippen LogP contribution is 2.31. The molecular formula is C19H16N2O6. The van der Waals surface area contributed by atoms with Crippen LogP contribution < -0.4 is 14.8 Å². The summed E-state index contributed by atoms with van der Waals surface area (Å²) in [7, 11) is 0. The Hall–Kier alpha value is -3.81. The number of nitrogens with zero attached hydrogens (tertiary/aromatic N) is 1. The first-order valence-corrected chi connectivity index (χ1v) is 8.12. The molecule has 8 heteroatoms. The number of benzene rings is 2. The lowest BCUT2D eigenvalue weighted by molar-refractivity contribution is -0.402. The zero-order valence-electron chi connectivity index (χ0n) is 14.4. The third-order valence-corrected chi connectivity index (χ3v) is 3.49. The summed E-state index contributed by atoms with van der Waals surface area (Å²) in [4.78, 5) is 22.2. The van der Waals surface area contributed by atoms with Gasteiger partial charge in [-0.15, -0.1) is 0 Å². The minimum Gasteiger partial charge on any atom is -0.494 e. The van der Waals surface area contributed by atoms with E-state index in [1.54, 1.807) is 48.5 Å². The maximum atomic E-state index is 12.3. The van der Waals surface area contributed by atoms with Gasteiger partial charge >= 0.3 is 5.88 Å². The van der Waals surface area contributed by atoms with E-state index >= 15 is 0 Å². The molecule has 0 fully saturated rings. The van der Waals surface area contributed by atoms with Crippen molar-refractivity contribution in [3.05, 3.63) is 76.5 Å². The number of nitrogens with one attached hydrogen (secondary N) is 1. The van der Waals surface area contributed by atoms with E-state index < -0.39 is 16.7 Å². The van der Waals surface area contributed by atoms with Gasteiger partial charge in [-0.3, -0.25) is 14.9 Å². The predicted octanol–water partition coefficient (Wildman–Crippen LogP) is 4.63. The molecule has 0 radical (unpaired) electrons.